The molecule has 3 N–H and O–H groups in total. The Morgan fingerprint density at radius 3 is 2.06 bits per heavy atom. The third-order valence-electron chi connectivity index (χ3n) is 3.21. The second-order valence-electron chi connectivity index (χ2n) is 4.90. The van der Waals surface area contributed by atoms with Gasteiger partial charge in [0.05, 0.1) is 0 Å². The van der Waals surface area contributed by atoms with Crippen molar-refractivity contribution in [2.75, 3.05) is 0 Å². The fourth-order valence-electron chi connectivity index (χ4n) is 2.07. The van der Waals surface area contributed by atoms with Crippen LogP contribution in [0.1, 0.15) is 22.3 Å². The van der Waals surface area contributed by atoms with E-state index in [2.05, 4.69) is 36.5 Å². The Morgan fingerprint density at radius 1 is 0.944 bits per heavy atom. The lowest BCUT2D eigenvalue weighted by molar-refractivity contribution is -0.588. The van der Waals surface area contributed by atoms with Crippen LogP contribution in [-0.2, 0) is 6.54 Å². The predicted octanol–water partition coefficient (Wildman–Crippen LogP) is 2.71. The zero-order chi connectivity index (χ0) is 13.1. The van der Waals surface area contributed by atoms with Crippen LogP contribution in [0.4, 0.5) is 5.69 Å². The number of phenolic OH excluding ortho intramolecular Hbond substituents is 1. The lowest BCUT2D eigenvalue weighted by Crippen LogP contribution is -2.76. The van der Waals surface area contributed by atoms with Crippen molar-refractivity contribution in [3.05, 3.63) is 58.7 Å². The van der Waals surface area contributed by atoms with Crippen molar-refractivity contribution in [1.82, 2.24) is 0 Å². The summed E-state index contributed by atoms with van der Waals surface area (Å²) >= 11 is 0. The number of nitrogens with two attached hydrogens (primary N) is 1. The van der Waals surface area contributed by atoms with Gasteiger partial charge < -0.3 is 10.4 Å². The number of phenols is 1. The fourth-order valence-corrected chi connectivity index (χ4v) is 2.07. The molecule has 0 aliphatic rings. The Labute approximate surface area is 108 Å². The zero-order valence-electron chi connectivity index (χ0n) is 11.2. The summed E-state index contributed by atoms with van der Waals surface area (Å²) in [6.45, 7) is 6.89. The van der Waals surface area contributed by atoms with Crippen molar-refractivity contribution < 1.29 is 10.4 Å². The summed E-state index contributed by atoms with van der Waals surface area (Å²) in [5.41, 5.74) is 5.64. The average molecular weight is 242 g/mol. The highest BCUT2D eigenvalue weighted by Gasteiger charge is 2.06. The first-order valence-corrected chi connectivity index (χ1v) is 6.25. The van der Waals surface area contributed by atoms with E-state index in [1.165, 1.54) is 16.8 Å². The van der Waals surface area contributed by atoms with Gasteiger partial charge in [-0.25, -0.2) is 0 Å². The monoisotopic (exact) mass is 242 g/mol. The van der Waals surface area contributed by atoms with E-state index in [9.17, 15) is 5.11 Å². The molecule has 2 heteroatoms. The Morgan fingerprint density at radius 2 is 1.50 bits per heavy atom. The summed E-state index contributed by atoms with van der Waals surface area (Å²) in [7, 11) is 0. The maximum atomic E-state index is 9.73. The summed E-state index contributed by atoms with van der Waals surface area (Å²) < 4.78 is 0. The van der Waals surface area contributed by atoms with E-state index in [1.807, 2.05) is 26.0 Å². The van der Waals surface area contributed by atoms with Gasteiger partial charge in [0.1, 0.15) is 18.0 Å². The number of aryl methyl sites for hydroxylation is 3. The van der Waals surface area contributed by atoms with E-state index < -0.39 is 0 Å². The van der Waals surface area contributed by atoms with Crippen LogP contribution in [-0.4, -0.2) is 5.11 Å². The number of benzene rings is 2. The molecule has 0 unspecified atom stereocenters. The van der Waals surface area contributed by atoms with Crippen LogP contribution in [0.5, 0.6) is 5.75 Å². The van der Waals surface area contributed by atoms with Crippen molar-refractivity contribution in [2.45, 2.75) is 27.3 Å². The maximum absolute atomic E-state index is 9.73. The molecule has 2 aromatic rings. The van der Waals surface area contributed by atoms with Gasteiger partial charge in [-0.05, 0) is 31.9 Å². The van der Waals surface area contributed by atoms with Crippen LogP contribution in [0.25, 0.3) is 0 Å². The summed E-state index contributed by atoms with van der Waals surface area (Å²) in [6, 6.07) is 12.6. The van der Waals surface area contributed by atoms with Crippen LogP contribution in [0, 0.1) is 20.8 Å². The van der Waals surface area contributed by atoms with E-state index in [0.29, 0.717) is 5.75 Å². The average Bonchev–Trinajstić information content (AvgIpc) is 2.35. The molecule has 0 aliphatic carbocycles. The fraction of sp³-hybridized carbons (Fsp3) is 0.250. The van der Waals surface area contributed by atoms with Gasteiger partial charge in [-0.3, -0.25) is 0 Å². The minimum Gasteiger partial charge on any atom is -0.507 e. The van der Waals surface area contributed by atoms with E-state index >= 15 is 0 Å². The maximum Gasteiger partial charge on any atom is 0.130 e. The highest BCUT2D eigenvalue weighted by molar-refractivity contribution is 5.47. The van der Waals surface area contributed by atoms with Crippen molar-refractivity contribution in [3.63, 3.8) is 0 Å². The lowest BCUT2D eigenvalue weighted by atomic mass is 10.1. The number of hydrogen-bond donors (Lipinski definition) is 2. The Kier molecular flexibility index (Phi) is 3.68. The van der Waals surface area contributed by atoms with Crippen LogP contribution in [0.3, 0.4) is 0 Å². The quantitative estimate of drug-likeness (QED) is 0.630. The topological polar surface area (TPSA) is 36.8 Å². The normalized spacial score (nSPS) is 10.6. The number of aromatic hydroxyl groups is 1. The molecular formula is C16H20NO+. The third kappa shape index (κ3) is 2.90. The molecule has 2 rings (SSSR count). The molecule has 0 amide bonds. The minimum absolute atomic E-state index is 0.405. The van der Waals surface area contributed by atoms with Crippen molar-refractivity contribution in [2.24, 2.45) is 0 Å². The molecule has 0 bridgehead atoms. The smallest absolute Gasteiger partial charge is 0.130 e. The first kappa shape index (κ1) is 12.7. The molecule has 0 aromatic heterocycles. The van der Waals surface area contributed by atoms with Gasteiger partial charge in [-0.2, -0.15) is 0 Å². The molecule has 0 aliphatic heterocycles. The summed E-state index contributed by atoms with van der Waals surface area (Å²) in [6.07, 6.45) is 0. The van der Waals surface area contributed by atoms with E-state index in [1.54, 1.807) is 0 Å². The van der Waals surface area contributed by atoms with Gasteiger partial charge in [0.2, 0.25) is 0 Å². The Hall–Kier alpha value is -1.80. The van der Waals surface area contributed by atoms with Gasteiger partial charge >= 0.3 is 0 Å². The van der Waals surface area contributed by atoms with Crippen LogP contribution >= 0.6 is 0 Å². The molecule has 0 fully saturated rings. The first-order valence-electron chi connectivity index (χ1n) is 6.25. The van der Waals surface area contributed by atoms with Gasteiger partial charge in [-0.15, -0.1) is 0 Å². The molecule has 0 spiro atoms. The second-order valence-corrected chi connectivity index (χ2v) is 4.90. The summed E-state index contributed by atoms with van der Waals surface area (Å²) in [4.78, 5) is 0. The minimum atomic E-state index is 0.405. The van der Waals surface area contributed by atoms with E-state index in [-0.39, 0.29) is 0 Å². The molecule has 2 nitrogen and oxygen atoms in total. The molecule has 94 valence electrons. The van der Waals surface area contributed by atoms with Crippen molar-refractivity contribution >= 4 is 5.69 Å². The number of rotatable bonds is 3. The molecule has 0 saturated heterocycles. The number of hydrogen-bond acceptors (Lipinski definition) is 1. The summed E-state index contributed by atoms with van der Waals surface area (Å²) in [5, 5.41) is 11.9. The molecule has 0 atom stereocenters. The predicted molar refractivity (Wildman–Crippen MR) is 74.0 cm³/mol. The molecule has 0 heterocycles. The SMILES string of the molecule is Cc1ccc(C[NH2+]c2cc(C)c(O)c(C)c2)cc1. The van der Waals surface area contributed by atoms with Gasteiger partial charge in [0.25, 0.3) is 0 Å². The van der Waals surface area contributed by atoms with Crippen molar-refractivity contribution in [1.29, 1.82) is 0 Å². The Bertz CT molecular complexity index is 521. The molecule has 2 aromatic carbocycles. The first-order chi connectivity index (χ1) is 8.56. The van der Waals surface area contributed by atoms with E-state index in [0.717, 1.165) is 17.7 Å². The third-order valence-corrected chi connectivity index (χ3v) is 3.21. The molecule has 0 saturated carbocycles. The zero-order valence-corrected chi connectivity index (χ0v) is 11.2. The van der Waals surface area contributed by atoms with Crippen molar-refractivity contribution in [3.8, 4) is 5.75 Å². The molecular weight excluding hydrogens is 222 g/mol. The van der Waals surface area contributed by atoms with Gasteiger partial charge in [0, 0.05) is 17.7 Å². The standard InChI is InChI=1S/C16H19NO/c1-11-4-6-14(7-5-11)10-17-15-8-12(2)16(18)13(3)9-15/h4-9,17-18H,10H2,1-3H3/p+1. The second kappa shape index (κ2) is 5.23. The van der Waals surface area contributed by atoms with Crippen LogP contribution < -0.4 is 5.32 Å². The van der Waals surface area contributed by atoms with Gasteiger partial charge in [0.15, 0.2) is 0 Å². The molecule has 18 heavy (non-hydrogen) atoms. The van der Waals surface area contributed by atoms with Crippen LogP contribution in [0.2, 0.25) is 0 Å². The highest BCUT2D eigenvalue weighted by atomic mass is 16.3. The molecule has 0 radical (unpaired) electrons. The van der Waals surface area contributed by atoms with Gasteiger partial charge in [-0.1, -0.05) is 29.8 Å². The van der Waals surface area contributed by atoms with Crippen LogP contribution in [0.15, 0.2) is 36.4 Å². The Balaban J connectivity index is 2.08. The summed E-state index contributed by atoms with van der Waals surface area (Å²) in [5.74, 6) is 0.405. The number of quaternary nitrogens is 1. The largest absolute Gasteiger partial charge is 0.507 e. The lowest BCUT2D eigenvalue weighted by Gasteiger charge is -2.07. The highest BCUT2D eigenvalue weighted by Crippen LogP contribution is 2.23. The van der Waals surface area contributed by atoms with E-state index in [4.69, 9.17) is 0 Å².